The van der Waals surface area contributed by atoms with Gasteiger partial charge in [0.2, 0.25) is 10.0 Å². The number of rotatable bonds is 6. The minimum absolute atomic E-state index is 0.0000245. The number of nitro benzene ring substituents is 1. The summed E-state index contributed by atoms with van der Waals surface area (Å²) in [6.07, 6.45) is 0. The molecule has 2 aromatic carbocycles. The zero-order valence-corrected chi connectivity index (χ0v) is 17.0. The van der Waals surface area contributed by atoms with Crippen molar-refractivity contribution in [1.82, 2.24) is 4.31 Å². The van der Waals surface area contributed by atoms with Crippen LogP contribution in [0.3, 0.4) is 0 Å². The Kier molecular flexibility index (Phi) is 6.04. The molecule has 1 N–H and O–H groups in total. The third kappa shape index (κ3) is 4.65. The second-order valence-electron chi connectivity index (χ2n) is 7.10. The first-order valence-electron chi connectivity index (χ1n) is 9.24. The van der Waals surface area contributed by atoms with Gasteiger partial charge in [-0.1, -0.05) is 0 Å². The molecule has 156 valence electrons. The van der Waals surface area contributed by atoms with Gasteiger partial charge >= 0.3 is 0 Å². The zero-order valence-electron chi connectivity index (χ0n) is 16.2. The highest BCUT2D eigenvalue weighted by atomic mass is 32.2. The van der Waals surface area contributed by atoms with Crippen LogP contribution in [0.15, 0.2) is 47.4 Å². The van der Waals surface area contributed by atoms with Crippen LogP contribution in [-0.2, 0) is 10.0 Å². The normalized spacial score (nSPS) is 15.5. The molecular formula is C19H23FN4O4S. The van der Waals surface area contributed by atoms with Crippen LogP contribution in [0, 0.1) is 15.9 Å². The van der Waals surface area contributed by atoms with Crippen molar-refractivity contribution in [2.45, 2.75) is 24.8 Å². The van der Waals surface area contributed by atoms with Crippen molar-refractivity contribution >= 4 is 27.1 Å². The van der Waals surface area contributed by atoms with Crippen molar-refractivity contribution in [3.63, 3.8) is 0 Å². The molecule has 1 aliphatic rings. The van der Waals surface area contributed by atoms with Gasteiger partial charge in [0.15, 0.2) is 0 Å². The van der Waals surface area contributed by atoms with Crippen molar-refractivity contribution in [2.75, 3.05) is 36.4 Å². The lowest BCUT2D eigenvalue weighted by molar-refractivity contribution is -0.384. The van der Waals surface area contributed by atoms with Crippen LogP contribution >= 0.6 is 0 Å². The molecule has 0 spiro atoms. The van der Waals surface area contributed by atoms with E-state index in [0.717, 1.165) is 17.8 Å². The molecule has 10 heteroatoms. The Labute approximate surface area is 169 Å². The number of nitrogens with zero attached hydrogens (tertiary/aromatic N) is 3. The van der Waals surface area contributed by atoms with E-state index < -0.39 is 20.8 Å². The van der Waals surface area contributed by atoms with E-state index in [2.05, 4.69) is 5.32 Å². The van der Waals surface area contributed by atoms with Gasteiger partial charge in [-0.15, -0.1) is 0 Å². The van der Waals surface area contributed by atoms with Gasteiger partial charge < -0.3 is 10.2 Å². The Balaban J connectivity index is 1.75. The van der Waals surface area contributed by atoms with E-state index in [-0.39, 0.29) is 29.7 Å². The second kappa shape index (κ2) is 8.34. The van der Waals surface area contributed by atoms with Crippen molar-refractivity contribution in [2.24, 2.45) is 0 Å². The van der Waals surface area contributed by atoms with Crippen LogP contribution < -0.4 is 10.2 Å². The molecule has 0 aromatic heterocycles. The monoisotopic (exact) mass is 422 g/mol. The number of benzene rings is 2. The molecule has 0 radical (unpaired) electrons. The van der Waals surface area contributed by atoms with E-state index in [1.165, 1.54) is 22.5 Å². The fourth-order valence-corrected chi connectivity index (χ4v) is 4.67. The summed E-state index contributed by atoms with van der Waals surface area (Å²) in [7, 11) is -3.69. The van der Waals surface area contributed by atoms with Crippen molar-refractivity contribution in [3.8, 4) is 0 Å². The minimum atomic E-state index is -3.69. The first kappa shape index (κ1) is 21.0. The first-order chi connectivity index (χ1) is 13.7. The standard InChI is InChI=1S/C19H23FN4O4S/c1-14(2)21-18-13-16(5-8-19(18)24(25)26)22-9-11-23(12-10-22)29(27,28)17-6-3-15(20)4-7-17/h3-8,13-14,21H,9-12H2,1-2H3. The van der Waals surface area contributed by atoms with Gasteiger partial charge in [-0.05, 0) is 50.2 Å². The van der Waals surface area contributed by atoms with Gasteiger partial charge in [0.1, 0.15) is 11.5 Å². The Morgan fingerprint density at radius 2 is 1.69 bits per heavy atom. The van der Waals surface area contributed by atoms with E-state index in [1.807, 2.05) is 18.7 Å². The fraction of sp³-hybridized carbons (Fsp3) is 0.368. The number of nitrogens with one attached hydrogen (secondary N) is 1. The summed E-state index contributed by atoms with van der Waals surface area (Å²) >= 11 is 0. The van der Waals surface area contributed by atoms with E-state index in [4.69, 9.17) is 0 Å². The largest absolute Gasteiger partial charge is 0.377 e. The molecule has 8 nitrogen and oxygen atoms in total. The SMILES string of the molecule is CC(C)Nc1cc(N2CCN(S(=O)(=O)c3ccc(F)cc3)CC2)ccc1[N+](=O)[O-]. The minimum Gasteiger partial charge on any atom is -0.377 e. The maximum atomic E-state index is 13.1. The second-order valence-corrected chi connectivity index (χ2v) is 9.04. The van der Waals surface area contributed by atoms with Crippen molar-refractivity contribution < 1.29 is 17.7 Å². The lowest BCUT2D eigenvalue weighted by Gasteiger charge is -2.35. The molecule has 0 aliphatic carbocycles. The number of piperazine rings is 1. The smallest absolute Gasteiger partial charge is 0.292 e. The molecule has 0 amide bonds. The van der Waals surface area contributed by atoms with Gasteiger partial charge in [0.05, 0.1) is 9.82 Å². The molecule has 1 fully saturated rings. The maximum Gasteiger partial charge on any atom is 0.292 e. The Bertz CT molecular complexity index is 988. The summed E-state index contributed by atoms with van der Waals surface area (Å²) in [5.74, 6) is -0.488. The molecular weight excluding hydrogens is 399 g/mol. The molecule has 1 heterocycles. The summed E-state index contributed by atoms with van der Waals surface area (Å²) < 4.78 is 39.9. The van der Waals surface area contributed by atoms with Crippen LogP contribution in [-0.4, -0.2) is 49.9 Å². The van der Waals surface area contributed by atoms with E-state index in [1.54, 1.807) is 12.1 Å². The van der Waals surface area contributed by atoms with Crippen molar-refractivity contribution in [1.29, 1.82) is 0 Å². The van der Waals surface area contributed by atoms with Gasteiger partial charge in [0.25, 0.3) is 5.69 Å². The molecule has 0 bridgehead atoms. The predicted octanol–water partition coefficient (Wildman–Crippen LogP) is 3.07. The lowest BCUT2D eigenvalue weighted by atomic mass is 10.2. The predicted molar refractivity (Wildman–Crippen MR) is 109 cm³/mol. The van der Waals surface area contributed by atoms with E-state index >= 15 is 0 Å². The van der Waals surface area contributed by atoms with E-state index in [0.29, 0.717) is 18.8 Å². The van der Waals surface area contributed by atoms with Crippen LogP contribution in [0.1, 0.15) is 13.8 Å². The third-order valence-corrected chi connectivity index (χ3v) is 6.59. The van der Waals surface area contributed by atoms with Crippen LogP contribution in [0.4, 0.5) is 21.5 Å². The number of hydrogen-bond donors (Lipinski definition) is 1. The molecule has 1 saturated heterocycles. The number of anilines is 2. The molecule has 2 aromatic rings. The highest BCUT2D eigenvalue weighted by molar-refractivity contribution is 7.89. The summed E-state index contributed by atoms with van der Waals surface area (Å²) in [5, 5.41) is 14.3. The van der Waals surface area contributed by atoms with Gasteiger partial charge in [-0.3, -0.25) is 10.1 Å². The summed E-state index contributed by atoms with van der Waals surface area (Å²) in [6.45, 7) is 5.22. The fourth-order valence-electron chi connectivity index (χ4n) is 3.25. The van der Waals surface area contributed by atoms with Crippen LogP contribution in [0.5, 0.6) is 0 Å². The topological polar surface area (TPSA) is 95.8 Å². The molecule has 1 aliphatic heterocycles. The Hall–Kier alpha value is -2.72. The Morgan fingerprint density at radius 3 is 2.24 bits per heavy atom. The summed E-state index contributed by atoms with van der Waals surface area (Å²) in [6, 6.07) is 9.67. The molecule has 0 unspecified atom stereocenters. The first-order valence-corrected chi connectivity index (χ1v) is 10.7. The highest BCUT2D eigenvalue weighted by Crippen LogP contribution is 2.31. The Morgan fingerprint density at radius 1 is 1.07 bits per heavy atom. The quantitative estimate of drug-likeness (QED) is 0.568. The molecule has 3 rings (SSSR count). The van der Waals surface area contributed by atoms with Gasteiger partial charge in [-0.2, -0.15) is 4.31 Å². The van der Waals surface area contributed by atoms with Crippen molar-refractivity contribution in [3.05, 3.63) is 58.4 Å². The average molecular weight is 422 g/mol. The lowest BCUT2D eigenvalue weighted by Crippen LogP contribution is -2.48. The molecule has 29 heavy (non-hydrogen) atoms. The summed E-state index contributed by atoms with van der Waals surface area (Å²) in [5.41, 5.74) is 1.22. The highest BCUT2D eigenvalue weighted by Gasteiger charge is 2.29. The van der Waals surface area contributed by atoms with Crippen LogP contribution in [0.2, 0.25) is 0 Å². The average Bonchev–Trinajstić information content (AvgIpc) is 2.67. The summed E-state index contributed by atoms with van der Waals surface area (Å²) in [4.78, 5) is 12.9. The number of nitro groups is 1. The van der Waals surface area contributed by atoms with E-state index in [9.17, 15) is 22.9 Å². The number of halogens is 1. The zero-order chi connectivity index (χ0) is 21.2. The maximum absolute atomic E-state index is 13.1. The molecule has 0 saturated carbocycles. The number of sulfonamides is 1. The third-order valence-electron chi connectivity index (χ3n) is 4.68. The van der Waals surface area contributed by atoms with Gasteiger partial charge in [-0.25, -0.2) is 12.8 Å². The number of hydrogen-bond acceptors (Lipinski definition) is 6. The molecule has 0 atom stereocenters. The van der Waals surface area contributed by atoms with Crippen LogP contribution in [0.25, 0.3) is 0 Å². The van der Waals surface area contributed by atoms with Gasteiger partial charge in [0, 0.05) is 44.0 Å².